The van der Waals surface area contributed by atoms with E-state index in [0.29, 0.717) is 12.0 Å². The van der Waals surface area contributed by atoms with Gasteiger partial charge in [-0.3, -0.25) is 4.98 Å². The molecule has 2 unspecified atom stereocenters. The van der Waals surface area contributed by atoms with Crippen LogP contribution in [0.5, 0.6) is 0 Å². The predicted molar refractivity (Wildman–Crippen MR) is 73.6 cm³/mol. The van der Waals surface area contributed by atoms with Crippen LogP contribution in [0.15, 0.2) is 24.5 Å². The van der Waals surface area contributed by atoms with Gasteiger partial charge in [-0.1, -0.05) is 6.92 Å². The summed E-state index contributed by atoms with van der Waals surface area (Å²) in [5.41, 5.74) is 1.38. The Morgan fingerprint density at radius 1 is 1.44 bits per heavy atom. The van der Waals surface area contributed by atoms with Gasteiger partial charge in [0.25, 0.3) is 0 Å². The maximum atomic E-state index is 5.52. The number of hydrogen-bond donors (Lipinski definition) is 1. The third-order valence-corrected chi connectivity index (χ3v) is 3.68. The van der Waals surface area contributed by atoms with E-state index in [0.717, 1.165) is 26.2 Å². The summed E-state index contributed by atoms with van der Waals surface area (Å²) in [7, 11) is 0. The van der Waals surface area contributed by atoms with Gasteiger partial charge in [-0.15, -0.1) is 0 Å². The molecule has 2 rings (SSSR count). The standard InChI is InChI=1S/C15H24N2O/c1-2-8-17-15(14-7-11-18-12-14)4-3-13-5-9-16-10-6-13/h5-6,9-10,14-15,17H,2-4,7-8,11-12H2,1H3. The minimum atomic E-state index is 0.598. The highest BCUT2D eigenvalue weighted by Crippen LogP contribution is 2.20. The number of aromatic nitrogens is 1. The first kappa shape index (κ1) is 13.5. The molecule has 0 amide bonds. The van der Waals surface area contributed by atoms with Crippen LogP contribution in [0.4, 0.5) is 0 Å². The monoisotopic (exact) mass is 248 g/mol. The zero-order chi connectivity index (χ0) is 12.6. The van der Waals surface area contributed by atoms with Crippen molar-refractivity contribution in [1.82, 2.24) is 10.3 Å². The first-order valence-corrected chi connectivity index (χ1v) is 7.10. The minimum Gasteiger partial charge on any atom is -0.381 e. The first-order valence-electron chi connectivity index (χ1n) is 7.10. The number of aryl methyl sites for hydroxylation is 1. The molecule has 2 heterocycles. The lowest BCUT2D eigenvalue weighted by Crippen LogP contribution is -2.37. The quantitative estimate of drug-likeness (QED) is 0.804. The molecule has 2 atom stereocenters. The minimum absolute atomic E-state index is 0.598. The largest absolute Gasteiger partial charge is 0.381 e. The molecule has 100 valence electrons. The number of ether oxygens (including phenoxy) is 1. The zero-order valence-electron chi connectivity index (χ0n) is 11.3. The molecule has 1 saturated heterocycles. The summed E-state index contributed by atoms with van der Waals surface area (Å²) >= 11 is 0. The van der Waals surface area contributed by atoms with Crippen LogP contribution in [0.2, 0.25) is 0 Å². The van der Waals surface area contributed by atoms with E-state index < -0.39 is 0 Å². The highest BCUT2D eigenvalue weighted by molar-refractivity contribution is 5.10. The first-order chi connectivity index (χ1) is 8.90. The van der Waals surface area contributed by atoms with Gasteiger partial charge >= 0.3 is 0 Å². The van der Waals surface area contributed by atoms with Crippen molar-refractivity contribution < 1.29 is 4.74 Å². The third kappa shape index (κ3) is 4.07. The Balaban J connectivity index is 1.84. The van der Waals surface area contributed by atoms with Crippen molar-refractivity contribution >= 4 is 0 Å². The Hall–Kier alpha value is -0.930. The van der Waals surface area contributed by atoms with E-state index in [2.05, 4.69) is 29.4 Å². The molecular weight excluding hydrogens is 224 g/mol. The number of nitrogens with zero attached hydrogens (tertiary/aromatic N) is 1. The summed E-state index contributed by atoms with van der Waals surface area (Å²) < 4.78 is 5.52. The van der Waals surface area contributed by atoms with Crippen molar-refractivity contribution in [1.29, 1.82) is 0 Å². The summed E-state index contributed by atoms with van der Waals surface area (Å²) in [4.78, 5) is 4.06. The Labute approximate surface area is 110 Å². The van der Waals surface area contributed by atoms with Crippen LogP contribution < -0.4 is 5.32 Å². The van der Waals surface area contributed by atoms with Gasteiger partial charge < -0.3 is 10.1 Å². The molecule has 3 heteroatoms. The zero-order valence-corrected chi connectivity index (χ0v) is 11.3. The normalized spacial score (nSPS) is 21.1. The molecule has 18 heavy (non-hydrogen) atoms. The van der Waals surface area contributed by atoms with Crippen molar-refractivity contribution in [2.75, 3.05) is 19.8 Å². The number of rotatable bonds is 7. The molecular formula is C15H24N2O. The predicted octanol–water partition coefficient (Wildman–Crippen LogP) is 2.42. The third-order valence-electron chi connectivity index (χ3n) is 3.68. The van der Waals surface area contributed by atoms with Gasteiger partial charge in [0.15, 0.2) is 0 Å². The van der Waals surface area contributed by atoms with Crippen LogP contribution in [0.3, 0.4) is 0 Å². The Morgan fingerprint density at radius 2 is 2.28 bits per heavy atom. The van der Waals surface area contributed by atoms with Crippen LogP contribution in [0.25, 0.3) is 0 Å². The molecule has 1 aromatic heterocycles. The number of hydrogen-bond acceptors (Lipinski definition) is 3. The summed E-state index contributed by atoms with van der Waals surface area (Å²) in [5.74, 6) is 0.693. The molecule has 1 aliphatic rings. The molecule has 0 bridgehead atoms. The number of nitrogens with one attached hydrogen (secondary N) is 1. The van der Waals surface area contributed by atoms with Gasteiger partial charge in [-0.05, 0) is 55.8 Å². The Morgan fingerprint density at radius 3 is 2.94 bits per heavy atom. The fraction of sp³-hybridized carbons (Fsp3) is 0.667. The molecule has 0 aromatic carbocycles. The van der Waals surface area contributed by atoms with Crippen LogP contribution in [-0.4, -0.2) is 30.8 Å². The molecule has 1 N–H and O–H groups in total. The summed E-state index contributed by atoms with van der Waals surface area (Å²) in [6, 6.07) is 4.82. The van der Waals surface area contributed by atoms with Gasteiger partial charge in [0, 0.05) is 25.0 Å². The van der Waals surface area contributed by atoms with Crippen LogP contribution in [-0.2, 0) is 11.2 Å². The van der Waals surface area contributed by atoms with Crippen LogP contribution in [0, 0.1) is 5.92 Å². The lowest BCUT2D eigenvalue weighted by Gasteiger charge is -2.23. The molecule has 1 aliphatic heterocycles. The Bertz CT molecular complexity index is 323. The van der Waals surface area contributed by atoms with Gasteiger partial charge in [0.05, 0.1) is 6.61 Å². The van der Waals surface area contributed by atoms with E-state index in [-0.39, 0.29) is 0 Å². The summed E-state index contributed by atoms with van der Waals surface area (Å²) in [6.45, 7) is 5.19. The van der Waals surface area contributed by atoms with Gasteiger partial charge in [0.2, 0.25) is 0 Å². The Kier molecular flexibility index (Phi) is 5.62. The van der Waals surface area contributed by atoms with Crippen molar-refractivity contribution in [3.05, 3.63) is 30.1 Å². The molecule has 1 fully saturated rings. The average Bonchev–Trinajstić information content (AvgIpc) is 2.94. The summed E-state index contributed by atoms with van der Waals surface area (Å²) in [5, 5.41) is 3.69. The highest BCUT2D eigenvalue weighted by Gasteiger charge is 2.24. The molecule has 3 nitrogen and oxygen atoms in total. The van der Waals surface area contributed by atoms with E-state index in [4.69, 9.17) is 4.74 Å². The molecule has 1 aromatic rings. The SMILES string of the molecule is CCCNC(CCc1ccncc1)C1CCOC1. The second-order valence-corrected chi connectivity index (χ2v) is 5.08. The topological polar surface area (TPSA) is 34.2 Å². The van der Waals surface area contributed by atoms with Gasteiger partial charge in [0.1, 0.15) is 0 Å². The van der Waals surface area contributed by atoms with Crippen molar-refractivity contribution in [2.45, 2.75) is 38.6 Å². The van der Waals surface area contributed by atoms with Crippen molar-refractivity contribution in [2.24, 2.45) is 5.92 Å². The molecule has 0 radical (unpaired) electrons. The van der Waals surface area contributed by atoms with Crippen molar-refractivity contribution in [3.63, 3.8) is 0 Å². The van der Waals surface area contributed by atoms with E-state index in [1.54, 1.807) is 0 Å². The van der Waals surface area contributed by atoms with Crippen LogP contribution in [0.1, 0.15) is 31.7 Å². The molecule has 0 saturated carbocycles. The lowest BCUT2D eigenvalue weighted by molar-refractivity contribution is 0.175. The van der Waals surface area contributed by atoms with E-state index in [1.807, 2.05) is 12.4 Å². The highest BCUT2D eigenvalue weighted by atomic mass is 16.5. The van der Waals surface area contributed by atoms with E-state index in [9.17, 15) is 0 Å². The molecule has 0 spiro atoms. The van der Waals surface area contributed by atoms with Gasteiger partial charge in [-0.2, -0.15) is 0 Å². The van der Waals surface area contributed by atoms with Gasteiger partial charge in [-0.25, -0.2) is 0 Å². The fourth-order valence-electron chi connectivity index (χ4n) is 2.58. The lowest BCUT2D eigenvalue weighted by atomic mass is 9.93. The average molecular weight is 248 g/mol. The molecule has 0 aliphatic carbocycles. The van der Waals surface area contributed by atoms with E-state index in [1.165, 1.54) is 24.8 Å². The summed E-state index contributed by atoms with van der Waals surface area (Å²) in [6.07, 6.45) is 8.47. The maximum absolute atomic E-state index is 5.52. The van der Waals surface area contributed by atoms with Crippen LogP contribution >= 0.6 is 0 Å². The van der Waals surface area contributed by atoms with Crippen molar-refractivity contribution in [3.8, 4) is 0 Å². The maximum Gasteiger partial charge on any atom is 0.0510 e. The second-order valence-electron chi connectivity index (χ2n) is 5.08. The smallest absolute Gasteiger partial charge is 0.0510 e. The fourth-order valence-corrected chi connectivity index (χ4v) is 2.58. The number of pyridine rings is 1. The second kappa shape index (κ2) is 7.49. The van der Waals surface area contributed by atoms with E-state index >= 15 is 0 Å².